The smallest absolute Gasteiger partial charge is 0.349 e. The molecule has 0 radical (unpaired) electrons. The van der Waals surface area contributed by atoms with Crippen LogP contribution in [0.2, 0.25) is 0 Å². The number of halogens is 2. The lowest BCUT2D eigenvalue weighted by Gasteiger charge is -2.10. The third-order valence-corrected chi connectivity index (χ3v) is 4.05. The molecule has 0 N–H and O–H groups in total. The molecule has 0 heterocycles. The quantitative estimate of drug-likeness (QED) is 0.433. The zero-order valence-corrected chi connectivity index (χ0v) is 14.7. The molecule has 0 aliphatic carbocycles. The van der Waals surface area contributed by atoms with Gasteiger partial charge in [-0.3, -0.25) is 0 Å². The van der Waals surface area contributed by atoms with E-state index in [1.54, 1.807) is 6.07 Å². The van der Waals surface area contributed by atoms with Gasteiger partial charge in [0.2, 0.25) is 0 Å². The molecular formula is C20H14BrFO3. The number of ether oxygens (including phenoxy) is 2. The Hall–Kier alpha value is -2.66. The number of rotatable bonds is 5. The van der Waals surface area contributed by atoms with Crippen LogP contribution in [-0.2, 0) is 4.79 Å². The van der Waals surface area contributed by atoms with Crippen molar-refractivity contribution in [3.05, 3.63) is 83.1 Å². The van der Waals surface area contributed by atoms with Crippen molar-refractivity contribution < 1.29 is 18.7 Å². The molecule has 0 bridgehead atoms. The first-order chi connectivity index (χ1) is 12.1. The highest BCUT2D eigenvalue weighted by atomic mass is 79.9. The van der Waals surface area contributed by atoms with E-state index >= 15 is 0 Å². The van der Waals surface area contributed by atoms with Gasteiger partial charge in [-0.25, -0.2) is 9.18 Å². The van der Waals surface area contributed by atoms with Crippen molar-refractivity contribution in [3.8, 4) is 22.6 Å². The molecule has 0 saturated carbocycles. The van der Waals surface area contributed by atoms with E-state index in [0.29, 0.717) is 5.75 Å². The third kappa shape index (κ3) is 4.67. The van der Waals surface area contributed by atoms with Crippen LogP contribution in [0.4, 0.5) is 4.39 Å². The minimum Gasteiger partial charge on any atom is -0.481 e. The van der Waals surface area contributed by atoms with E-state index in [4.69, 9.17) is 9.47 Å². The molecule has 0 aromatic heterocycles. The molecule has 0 amide bonds. The topological polar surface area (TPSA) is 35.5 Å². The Labute approximate surface area is 153 Å². The van der Waals surface area contributed by atoms with Crippen LogP contribution < -0.4 is 9.47 Å². The van der Waals surface area contributed by atoms with Crippen molar-refractivity contribution in [3.63, 3.8) is 0 Å². The van der Waals surface area contributed by atoms with Gasteiger partial charge >= 0.3 is 5.97 Å². The van der Waals surface area contributed by atoms with Gasteiger partial charge < -0.3 is 9.47 Å². The van der Waals surface area contributed by atoms with Crippen LogP contribution in [0.25, 0.3) is 11.1 Å². The lowest BCUT2D eigenvalue weighted by molar-refractivity contribution is -0.136. The first-order valence-corrected chi connectivity index (χ1v) is 8.35. The number of hydrogen-bond donors (Lipinski definition) is 0. The van der Waals surface area contributed by atoms with Gasteiger partial charge in [-0.1, -0.05) is 36.4 Å². The molecule has 126 valence electrons. The zero-order chi connectivity index (χ0) is 17.6. The number of carbonyl (C=O) groups excluding carboxylic acids is 1. The van der Waals surface area contributed by atoms with Crippen LogP contribution in [0.15, 0.2) is 77.3 Å². The maximum absolute atomic E-state index is 12.8. The molecule has 0 aliphatic rings. The number of carbonyl (C=O) groups is 1. The Bertz CT molecular complexity index is 864. The largest absolute Gasteiger partial charge is 0.481 e. The molecule has 3 aromatic carbocycles. The Morgan fingerprint density at radius 3 is 2.32 bits per heavy atom. The van der Waals surface area contributed by atoms with E-state index in [9.17, 15) is 9.18 Å². The minimum absolute atomic E-state index is 0.249. The van der Waals surface area contributed by atoms with Crippen molar-refractivity contribution in [2.45, 2.75) is 0 Å². The van der Waals surface area contributed by atoms with Crippen molar-refractivity contribution in [2.75, 3.05) is 6.61 Å². The minimum atomic E-state index is -0.564. The van der Waals surface area contributed by atoms with Crippen LogP contribution in [0.1, 0.15) is 0 Å². The van der Waals surface area contributed by atoms with Crippen LogP contribution in [-0.4, -0.2) is 12.6 Å². The molecule has 0 atom stereocenters. The highest BCUT2D eigenvalue weighted by Gasteiger charge is 2.09. The monoisotopic (exact) mass is 400 g/mol. The molecule has 3 aromatic rings. The van der Waals surface area contributed by atoms with Gasteiger partial charge in [0.05, 0.1) is 4.47 Å². The summed E-state index contributed by atoms with van der Waals surface area (Å²) in [6, 6.07) is 20.8. The summed E-state index contributed by atoms with van der Waals surface area (Å²) in [5, 5.41) is 0. The summed E-state index contributed by atoms with van der Waals surface area (Å²) in [5.74, 6) is -0.145. The third-order valence-electron chi connectivity index (χ3n) is 3.43. The predicted molar refractivity (Wildman–Crippen MR) is 97.1 cm³/mol. The molecule has 0 unspecified atom stereocenters. The molecule has 3 nitrogen and oxygen atoms in total. The molecule has 0 fully saturated rings. The van der Waals surface area contributed by atoms with E-state index in [1.165, 1.54) is 24.3 Å². The molecule has 3 rings (SSSR count). The summed E-state index contributed by atoms with van der Waals surface area (Å²) in [5.41, 5.74) is 2.12. The molecule has 25 heavy (non-hydrogen) atoms. The highest BCUT2D eigenvalue weighted by Crippen LogP contribution is 2.30. The molecular weight excluding hydrogens is 387 g/mol. The number of benzene rings is 3. The summed E-state index contributed by atoms with van der Waals surface area (Å²) in [7, 11) is 0. The fourth-order valence-electron chi connectivity index (χ4n) is 2.23. The first-order valence-electron chi connectivity index (χ1n) is 7.56. The van der Waals surface area contributed by atoms with E-state index in [1.807, 2.05) is 42.5 Å². The second-order valence-corrected chi connectivity index (χ2v) is 6.08. The van der Waals surface area contributed by atoms with Gasteiger partial charge in [-0.2, -0.15) is 0 Å². The zero-order valence-electron chi connectivity index (χ0n) is 13.1. The second-order valence-electron chi connectivity index (χ2n) is 5.23. The van der Waals surface area contributed by atoms with Gasteiger partial charge in [0, 0.05) is 0 Å². The van der Waals surface area contributed by atoms with Gasteiger partial charge in [-0.15, -0.1) is 0 Å². The molecule has 0 saturated heterocycles. The lowest BCUT2D eigenvalue weighted by Crippen LogP contribution is -2.17. The van der Waals surface area contributed by atoms with Crippen molar-refractivity contribution in [1.29, 1.82) is 0 Å². The maximum atomic E-state index is 12.8. The normalized spacial score (nSPS) is 10.3. The van der Waals surface area contributed by atoms with Crippen LogP contribution in [0.3, 0.4) is 0 Å². The molecule has 0 aliphatic heterocycles. The Morgan fingerprint density at radius 1 is 0.920 bits per heavy atom. The van der Waals surface area contributed by atoms with Crippen molar-refractivity contribution in [1.82, 2.24) is 0 Å². The van der Waals surface area contributed by atoms with Gasteiger partial charge in [0.25, 0.3) is 0 Å². The van der Waals surface area contributed by atoms with E-state index < -0.39 is 11.8 Å². The first kappa shape index (κ1) is 17.2. The van der Waals surface area contributed by atoms with Crippen molar-refractivity contribution >= 4 is 21.9 Å². The Balaban J connectivity index is 1.61. The van der Waals surface area contributed by atoms with Crippen molar-refractivity contribution in [2.24, 2.45) is 0 Å². The summed E-state index contributed by atoms with van der Waals surface area (Å²) in [4.78, 5) is 11.8. The highest BCUT2D eigenvalue weighted by molar-refractivity contribution is 9.10. The summed E-state index contributed by atoms with van der Waals surface area (Å²) < 4.78 is 24.1. The summed E-state index contributed by atoms with van der Waals surface area (Å²) in [6.45, 7) is -0.249. The average molecular weight is 401 g/mol. The van der Waals surface area contributed by atoms with Crippen LogP contribution in [0.5, 0.6) is 11.5 Å². The maximum Gasteiger partial charge on any atom is 0.349 e. The van der Waals surface area contributed by atoms with E-state index in [-0.39, 0.29) is 12.4 Å². The van der Waals surface area contributed by atoms with Crippen LogP contribution >= 0.6 is 15.9 Å². The summed E-state index contributed by atoms with van der Waals surface area (Å²) in [6.07, 6.45) is 0. The Kier molecular flexibility index (Phi) is 5.46. The van der Waals surface area contributed by atoms with Crippen LogP contribution in [0, 0.1) is 5.82 Å². The average Bonchev–Trinajstić information content (AvgIpc) is 2.63. The van der Waals surface area contributed by atoms with Gasteiger partial charge in [0.15, 0.2) is 6.61 Å². The number of hydrogen-bond acceptors (Lipinski definition) is 3. The predicted octanol–water partition coefficient (Wildman–Crippen LogP) is 5.24. The fourth-order valence-corrected chi connectivity index (χ4v) is 2.72. The standard InChI is InChI=1S/C20H14BrFO3/c21-18-12-15(14-4-2-1-3-5-14)6-11-19(18)24-13-20(23)25-17-9-7-16(22)8-10-17/h1-12H,13H2. The SMILES string of the molecule is O=C(COc1ccc(-c2ccccc2)cc1Br)Oc1ccc(F)cc1. The van der Waals surface area contributed by atoms with E-state index in [0.717, 1.165) is 15.6 Å². The second kappa shape index (κ2) is 7.94. The van der Waals surface area contributed by atoms with E-state index in [2.05, 4.69) is 15.9 Å². The summed E-state index contributed by atoms with van der Waals surface area (Å²) >= 11 is 3.45. The number of esters is 1. The lowest BCUT2D eigenvalue weighted by atomic mass is 10.1. The fraction of sp³-hybridized carbons (Fsp3) is 0.0500. The van der Waals surface area contributed by atoms with Gasteiger partial charge in [-0.05, 0) is 63.5 Å². The molecule has 5 heteroatoms. The molecule has 0 spiro atoms. The Morgan fingerprint density at radius 2 is 1.64 bits per heavy atom. The van der Waals surface area contributed by atoms with Gasteiger partial charge in [0.1, 0.15) is 17.3 Å².